The molecule has 1 fully saturated rings. The van der Waals surface area contributed by atoms with Gasteiger partial charge in [0.2, 0.25) is 5.28 Å². The lowest BCUT2D eigenvalue weighted by Crippen LogP contribution is -2.27. The predicted molar refractivity (Wildman–Crippen MR) is 56.9 cm³/mol. The lowest BCUT2D eigenvalue weighted by atomic mass is 9.94. The van der Waals surface area contributed by atoms with E-state index in [-0.39, 0.29) is 5.28 Å². The minimum atomic E-state index is 0.242. The summed E-state index contributed by atoms with van der Waals surface area (Å²) in [6, 6.07) is 1.81. The number of nitrogens with one attached hydrogen (secondary N) is 1. The van der Waals surface area contributed by atoms with Crippen molar-refractivity contribution in [1.82, 2.24) is 15.3 Å². The van der Waals surface area contributed by atoms with Crippen molar-refractivity contribution >= 4 is 23.2 Å². The second-order valence-electron chi connectivity index (χ2n) is 3.41. The van der Waals surface area contributed by atoms with Crippen LogP contribution in [-0.4, -0.2) is 23.1 Å². The van der Waals surface area contributed by atoms with E-state index in [4.69, 9.17) is 23.2 Å². The molecule has 1 saturated heterocycles. The second kappa shape index (κ2) is 4.43. The fourth-order valence-corrected chi connectivity index (χ4v) is 2.16. The van der Waals surface area contributed by atoms with Crippen LogP contribution in [0, 0.1) is 0 Å². The molecule has 1 aliphatic heterocycles. The van der Waals surface area contributed by atoms with Gasteiger partial charge in [0.25, 0.3) is 0 Å². The van der Waals surface area contributed by atoms with Crippen LogP contribution < -0.4 is 5.32 Å². The Morgan fingerprint density at radius 2 is 1.93 bits per heavy atom. The van der Waals surface area contributed by atoms with Crippen molar-refractivity contribution in [2.45, 2.75) is 18.8 Å². The van der Waals surface area contributed by atoms with Crippen molar-refractivity contribution in [2.75, 3.05) is 13.1 Å². The molecule has 0 atom stereocenters. The van der Waals surface area contributed by atoms with E-state index in [0.717, 1.165) is 31.6 Å². The number of hydrogen-bond acceptors (Lipinski definition) is 3. The largest absolute Gasteiger partial charge is 0.317 e. The highest BCUT2D eigenvalue weighted by Crippen LogP contribution is 2.25. The molecule has 14 heavy (non-hydrogen) atoms. The van der Waals surface area contributed by atoms with E-state index in [1.165, 1.54) is 0 Å². The Morgan fingerprint density at radius 3 is 2.57 bits per heavy atom. The third-order valence-electron chi connectivity index (χ3n) is 2.44. The van der Waals surface area contributed by atoms with Gasteiger partial charge in [0.15, 0.2) is 0 Å². The van der Waals surface area contributed by atoms with E-state index in [1.54, 1.807) is 0 Å². The minimum absolute atomic E-state index is 0.242. The predicted octanol–water partition coefficient (Wildman–Crippen LogP) is 2.25. The molecule has 0 bridgehead atoms. The Morgan fingerprint density at radius 1 is 1.21 bits per heavy atom. The summed E-state index contributed by atoms with van der Waals surface area (Å²) in [4.78, 5) is 8.03. The number of rotatable bonds is 1. The number of aromatic nitrogens is 2. The van der Waals surface area contributed by atoms with E-state index in [0.29, 0.717) is 11.1 Å². The zero-order chi connectivity index (χ0) is 9.97. The summed E-state index contributed by atoms with van der Waals surface area (Å²) < 4.78 is 0. The third kappa shape index (κ3) is 2.35. The van der Waals surface area contributed by atoms with E-state index >= 15 is 0 Å². The molecule has 1 aromatic rings. The van der Waals surface area contributed by atoms with Crippen LogP contribution in [-0.2, 0) is 0 Å². The maximum atomic E-state index is 5.82. The van der Waals surface area contributed by atoms with E-state index < -0.39 is 0 Å². The van der Waals surface area contributed by atoms with Crippen LogP contribution in [0.5, 0.6) is 0 Å². The monoisotopic (exact) mass is 231 g/mol. The molecule has 1 N–H and O–H groups in total. The number of nitrogens with zero attached hydrogens (tertiary/aromatic N) is 2. The summed E-state index contributed by atoms with van der Waals surface area (Å²) in [5, 5.41) is 3.98. The SMILES string of the molecule is Clc1cc(C2CCNCC2)nc(Cl)n1. The van der Waals surface area contributed by atoms with Crippen molar-refractivity contribution < 1.29 is 0 Å². The van der Waals surface area contributed by atoms with Crippen LogP contribution in [0.4, 0.5) is 0 Å². The molecular weight excluding hydrogens is 221 g/mol. The van der Waals surface area contributed by atoms with Gasteiger partial charge in [0.1, 0.15) is 5.15 Å². The van der Waals surface area contributed by atoms with Gasteiger partial charge in [0.05, 0.1) is 5.69 Å². The van der Waals surface area contributed by atoms with Crippen LogP contribution >= 0.6 is 23.2 Å². The highest BCUT2D eigenvalue weighted by Gasteiger charge is 2.17. The summed E-state index contributed by atoms with van der Waals surface area (Å²) >= 11 is 11.6. The molecule has 76 valence electrons. The third-order valence-corrected chi connectivity index (χ3v) is 2.81. The zero-order valence-corrected chi connectivity index (χ0v) is 9.15. The van der Waals surface area contributed by atoms with Crippen molar-refractivity contribution in [3.8, 4) is 0 Å². The molecule has 0 unspecified atom stereocenters. The molecule has 0 spiro atoms. The molecule has 1 aromatic heterocycles. The molecule has 2 rings (SSSR count). The van der Waals surface area contributed by atoms with E-state index in [2.05, 4.69) is 15.3 Å². The van der Waals surface area contributed by atoms with Gasteiger partial charge in [-0.15, -0.1) is 0 Å². The van der Waals surface area contributed by atoms with Gasteiger partial charge in [0, 0.05) is 5.92 Å². The normalized spacial score (nSPS) is 18.4. The summed E-state index contributed by atoms with van der Waals surface area (Å²) in [6.45, 7) is 2.06. The van der Waals surface area contributed by atoms with Gasteiger partial charge in [-0.05, 0) is 43.6 Å². The first kappa shape index (κ1) is 10.1. The quantitative estimate of drug-likeness (QED) is 0.596. The molecule has 0 saturated carbocycles. The second-order valence-corrected chi connectivity index (χ2v) is 4.13. The van der Waals surface area contributed by atoms with Crippen molar-refractivity contribution in [3.05, 3.63) is 22.2 Å². The van der Waals surface area contributed by atoms with Gasteiger partial charge in [-0.3, -0.25) is 0 Å². The molecule has 1 aliphatic rings. The number of hydrogen-bond donors (Lipinski definition) is 1. The standard InChI is InChI=1S/C9H11Cl2N3/c10-8-5-7(13-9(11)14-8)6-1-3-12-4-2-6/h5-6,12H,1-4H2. The van der Waals surface area contributed by atoms with Crippen LogP contribution in [0.2, 0.25) is 10.4 Å². The highest BCUT2D eigenvalue weighted by molar-refractivity contribution is 6.31. The number of piperidine rings is 1. The smallest absolute Gasteiger partial charge is 0.224 e. The van der Waals surface area contributed by atoms with Crippen LogP contribution in [0.15, 0.2) is 6.07 Å². The Balaban J connectivity index is 2.21. The summed E-state index contributed by atoms with van der Waals surface area (Å²) in [6.07, 6.45) is 2.17. The lowest BCUT2D eigenvalue weighted by Gasteiger charge is -2.21. The summed E-state index contributed by atoms with van der Waals surface area (Å²) in [5.74, 6) is 0.467. The van der Waals surface area contributed by atoms with Gasteiger partial charge in [-0.2, -0.15) is 0 Å². The molecule has 0 radical (unpaired) electrons. The van der Waals surface area contributed by atoms with Gasteiger partial charge in [-0.25, -0.2) is 9.97 Å². The Labute approximate surface area is 92.8 Å². The molecule has 0 aliphatic carbocycles. The van der Waals surface area contributed by atoms with Gasteiger partial charge >= 0.3 is 0 Å². The summed E-state index contributed by atoms with van der Waals surface area (Å²) in [7, 11) is 0. The summed E-state index contributed by atoms with van der Waals surface area (Å²) in [5.41, 5.74) is 0.969. The minimum Gasteiger partial charge on any atom is -0.317 e. The van der Waals surface area contributed by atoms with Crippen molar-refractivity contribution in [1.29, 1.82) is 0 Å². The average Bonchev–Trinajstić information content (AvgIpc) is 2.18. The zero-order valence-electron chi connectivity index (χ0n) is 7.63. The molecule has 0 amide bonds. The van der Waals surface area contributed by atoms with E-state index in [9.17, 15) is 0 Å². The Bertz CT molecular complexity index is 304. The first-order valence-corrected chi connectivity index (χ1v) is 5.42. The van der Waals surface area contributed by atoms with Crippen LogP contribution in [0.25, 0.3) is 0 Å². The molecule has 2 heterocycles. The fraction of sp³-hybridized carbons (Fsp3) is 0.556. The Kier molecular flexibility index (Phi) is 3.21. The van der Waals surface area contributed by atoms with Crippen molar-refractivity contribution in [3.63, 3.8) is 0 Å². The lowest BCUT2D eigenvalue weighted by molar-refractivity contribution is 0.453. The molecule has 5 heteroatoms. The maximum Gasteiger partial charge on any atom is 0.224 e. The molecule has 0 aromatic carbocycles. The first-order chi connectivity index (χ1) is 6.75. The topological polar surface area (TPSA) is 37.8 Å². The van der Waals surface area contributed by atoms with Gasteiger partial charge < -0.3 is 5.32 Å². The molecule has 3 nitrogen and oxygen atoms in total. The first-order valence-electron chi connectivity index (χ1n) is 4.66. The number of halogens is 2. The van der Waals surface area contributed by atoms with Gasteiger partial charge in [-0.1, -0.05) is 11.6 Å². The maximum absolute atomic E-state index is 5.82. The van der Waals surface area contributed by atoms with Crippen molar-refractivity contribution in [2.24, 2.45) is 0 Å². The molecular formula is C9H11Cl2N3. The Hall–Kier alpha value is -0.380. The van der Waals surface area contributed by atoms with Crippen LogP contribution in [0.3, 0.4) is 0 Å². The fourth-order valence-electron chi connectivity index (χ4n) is 1.73. The highest BCUT2D eigenvalue weighted by atomic mass is 35.5. The van der Waals surface area contributed by atoms with E-state index in [1.807, 2.05) is 6.07 Å². The average molecular weight is 232 g/mol. The van der Waals surface area contributed by atoms with Crippen LogP contribution in [0.1, 0.15) is 24.5 Å².